The maximum atomic E-state index is 12.3. The molecule has 1 aromatic heterocycles. The molecule has 20 heavy (non-hydrogen) atoms. The summed E-state index contributed by atoms with van der Waals surface area (Å²) in [5, 5.41) is 5.30. The Labute approximate surface area is 114 Å². The van der Waals surface area contributed by atoms with Crippen molar-refractivity contribution in [1.82, 2.24) is 10.3 Å². The van der Waals surface area contributed by atoms with Gasteiger partial charge in [0.2, 0.25) is 0 Å². The molecule has 1 aliphatic carbocycles. The number of hydrogen-bond donors (Lipinski definition) is 2. The first-order chi connectivity index (χ1) is 9.45. The molecule has 0 aliphatic heterocycles. The minimum atomic E-state index is -4.47. The Morgan fingerprint density at radius 1 is 1.20 bits per heavy atom. The van der Waals surface area contributed by atoms with Crippen LogP contribution in [0, 0.1) is 0 Å². The quantitative estimate of drug-likeness (QED) is 0.874. The van der Waals surface area contributed by atoms with Crippen LogP contribution in [0.15, 0.2) is 18.3 Å². The summed E-state index contributed by atoms with van der Waals surface area (Å²) in [6.45, 7) is 0. The highest BCUT2D eigenvalue weighted by atomic mass is 19.4. The van der Waals surface area contributed by atoms with Gasteiger partial charge < -0.3 is 10.6 Å². The van der Waals surface area contributed by atoms with E-state index in [1.165, 1.54) is 12.5 Å². The van der Waals surface area contributed by atoms with Crippen molar-refractivity contribution in [2.75, 3.05) is 5.32 Å². The van der Waals surface area contributed by atoms with Crippen LogP contribution in [0.4, 0.5) is 23.7 Å². The maximum absolute atomic E-state index is 12.3. The van der Waals surface area contributed by atoms with E-state index in [9.17, 15) is 18.0 Å². The fraction of sp³-hybridized carbons (Fsp3) is 0.538. The number of alkyl halides is 3. The molecule has 2 N–H and O–H groups in total. The van der Waals surface area contributed by atoms with E-state index >= 15 is 0 Å². The molecule has 1 fully saturated rings. The average Bonchev–Trinajstić information content (AvgIpc) is 2.39. The summed E-state index contributed by atoms with van der Waals surface area (Å²) in [4.78, 5) is 15.0. The molecule has 0 aromatic carbocycles. The molecular weight excluding hydrogens is 271 g/mol. The molecule has 2 rings (SSSR count). The van der Waals surface area contributed by atoms with Crippen molar-refractivity contribution in [2.24, 2.45) is 0 Å². The molecule has 0 atom stereocenters. The first-order valence-electron chi connectivity index (χ1n) is 6.56. The minimum Gasteiger partial charge on any atom is -0.335 e. The third-order valence-electron chi connectivity index (χ3n) is 3.25. The van der Waals surface area contributed by atoms with Gasteiger partial charge in [0, 0.05) is 6.04 Å². The van der Waals surface area contributed by atoms with Crippen LogP contribution in [-0.2, 0) is 6.18 Å². The van der Waals surface area contributed by atoms with Crippen molar-refractivity contribution in [3.63, 3.8) is 0 Å². The van der Waals surface area contributed by atoms with E-state index in [0.717, 1.165) is 37.9 Å². The van der Waals surface area contributed by atoms with Crippen molar-refractivity contribution >= 4 is 11.7 Å². The lowest BCUT2D eigenvalue weighted by Gasteiger charge is -2.22. The topological polar surface area (TPSA) is 54.0 Å². The average molecular weight is 287 g/mol. The summed E-state index contributed by atoms with van der Waals surface area (Å²) in [5.74, 6) is 0. The zero-order valence-corrected chi connectivity index (χ0v) is 10.8. The summed E-state index contributed by atoms with van der Waals surface area (Å²) in [5.41, 5.74) is -0.734. The van der Waals surface area contributed by atoms with Crippen LogP contribution < -0.4 is 10.6 Å². The van der Waals surface area contributed by atoms with Crippen molar-refractivity contribution in [3.05, 3.63) is 24.0 Å². The van der Waals surface area contributed by atoms with E-state index in [0.29, 0.717) is 0 Å². The number of amides is 2. The van der Waals surface area contributed by atoms with Gasteiger partial charge in [-0.2, -0.15) is 13.2 Å². The zero-order chi connectivity index (χ0) is 14.6. The van der Waals surface area contributed by atoms with Gasteiger partial charge in [-0.15, -0.1) is 0 Å². The first-order valence-corrected chi connectivity index (χ1v) is 6.56. The molecule has 1 heterocycles. The normalized spacial score (nSPS) is 16.8. The summed E-state index contributed by atoms with van der Waals surface area (Å²) >= 11 is 0. The monoisotopic (exact) mass is 287 g/mol. The summed E-state index contributed by atoms with van der Waals surface area (Å²) in [6, 6.07) is 1.77. The van der Waals surface area contributed by atoms with Crippen LogP contribution in [0.5, 0.6) is 0 Å². The smallest absolute Gasteiger partial charge is 0.335 e. The van der Waals surface area contributed by atoms with E-state index in [2.05, 4.69) is 15.6 Å². The number of hydrogen-bond acceptors (Lipinski definition) is 2. The minimum absolute atomic E-state index is 0.145. The molecule has 1 aliphatic rings. The van der Waals surface area contributed by atoms with Gasteiger partial charge in [0.05, 0.1) is 11.9 Å². The Bertz CT molecular complexity index is 453. The van der Waals surface area contributed by atoms with Gasteiger partial charge in [-0.3, -0.25) is 0 Å². The molecule has 110 valence electrons. The summed E-state index contributed by atoms with van der Waals surface area (Å²) in [6.07, 6.45) is 1.78. The summed E-state index contributed by atoms with van der Waals surface area (Å²) < 4.78 is 37.0. The number of carbonyl (C=O) groups is 1. The number of carbonyl (C=O) groups excluding carboxylic acids is 1. The predicted octanol–water partition coefficient (Wildman–Crippen LogP) is 3.55. The second kappa shape index (κ2) is 6.11. The van der Waals surface area contributed by atoms with Gasteiger partial charge in [-0.05, 0) is 25.0 Å². The van der Waals surface area contributed by atoms with Crippen molar-refractivity contribution in [2.45, 2.75) is 44.3 Å². The fourth-order valence-corrected chi connectivity index (χ4v) is 2.23. The van der Waals surface area contributed by atoms with Crippen molar-refractivity contribution in [3.8, 4) is 0 Å². The van der Waals surface area contributed by atoms with Gasteiger partial charge in [-0.25, -0.2) is 9.78 Å². The van der Waals surface area contributed by atoms with Crippen LogP contribution in [0.25, 0.3) is 0 Å². The highest BCUT2D eigenvalue weighted by Crippen LogP contribution is 2.27. The Hall–Kier alpha value is -1.79. The van der Waals surface area contributed by atoms with Crippen LogP contribution in [0.3, 0.4) is 0 Å². The van der Waals surface area contributed by atoms with Crippen LogP contribution in [0.1, 0.15) is 37.8 Å². The molecule has 4 nitrogen and oxygen atoms in total. The largest absolute Gasteiger partial charge is 0.433 e. The van der Waals surface area contributed by atoms with Crippen LogP contribution >= 0.6 is 0 Å². The lowest BCUT2D eigenvalue weighted by atomic mass is 9.96. The maximum Gasteiger partial charge on any atom is 0.433 e. The van der Waals surface area contributed by atoms with E-state index < -0.39 is 17.9 Å². The number of urea groups is 1. The van der Waals surface area contributed by atoms with Crippen molar-refractivity contribution < 1.29 is 18.0 Å². The van der Waals surface area contributed by atoms with Gasteiger partial charge in [0.25, 0.3) is 0 Å². The highest BCUT2D eigenvalue weighted by molar-refractivity contribution is 5.89. The number of nitrogens with zero attached hydrogens (tertiary/aromatic N) is 1. The number of aromatic nitrogens is 1. The second-order valence-corrected chi connectivity index (χ2v) is 4.86. The van der Waals surface area contributed by atoms with E-state index in [1.807, 2.05) is 0 Å². The van der Waals surface area contributed by atoms with Gasteiger partial charge in [0.15, 0.2) is 0 Å². The fourth-order valence-electron chi connectivity index (χ4n) is 2.23. The Balaban J connectivity index is 1.87. The molecule has 0 bridgehead atoms. The number of nitrogens with one attached hydrogen (secondary N) is 2. The Kier molecular flexibility index (Phi) is 4.46. The number of anilines is 1. The molecule has 0 radical (unpaired) electrons. The van der Waals surface area contributed by atoms with Crippen LogP contribution in [0.2, 0.25) is 0 Å². The third-order valence-corrected chi connectivity index (χ3v) is 3.25. The van der Waals surface area contributed by atoms with E-state index in [1.54, 1.807) is 0 Å². The predicted molar refractivity (Wildman–Crippen MR) is 68.3 cm³/mol. The Morgan fingerprint density at radius 3 is 2.45 bits per heavy atom. The van der Waals surface area contributed by atoms with Crippen LogP contribution in [-0.4, -0.2) is 17.1 Å². The van der Waals surface area contributed by atoms with Gasteiger partial charge in [-0.1, -0.05) is 19.3 Å². The Morgan fingerprint density at radius 2 is 1.90 bits per heavy atom. The number of pyridine rings is 1. The molecule has 0 spiro atoms. The molecular formula is C13H16F3N3O. The summed E-state index contributed by atoms with van der Waals surface area (Å²) in [7, 11) is 0. The molecule has 0 unspecified atom stereocenters. The molecule has 1 saturated carbocycles. The molecule has 1 aromatic rings. The third kappa shape index (κ3) is 4.11. The highest BCUT2D eigenvalue weighted by Gasteiger charge is 2.32. The van der Waals surface area contributed by atoms with E-state index in [-0.39, 0.29) is 11.7 Å². The lowest BCUT2D eigenvalue weighted by Crippen LogP contribution is -2.39. The zero-order valence-electron chi connectivity index (χ0n) is 10.8. The molecule has 2 amide bonds. The number of halogens is 3. The lowest BCUT2D eigenvalue weighted by molar-refractivity contribution is -0.141. The van der Waals surface area contributed by atoms with Crippen molar-refractivity contribution in [1.29, 1.82) is 0 Å². The first kappa shape index (κ1) is 14.6. The molecule has 7 heteroatoms. The second-order valence-electron chi connectivity index (χ2n) is 4.86. The molecule has 0 saturated heterocycles. The SMILES string of the molecule is O=C(Nc1ccc(C(F)(F)F)nc1)NC1CCCCC1. The van der Waals surface area contributed by atoms with Gasteiger partial charge >= 0.3 is 12.2 Å². The standard InChI is InChI=1S/C13H16F3N3O/c14-13(15,16)11-7-6-10(8-17-11)19-12(20)18-9-4-2-1-3-5-9/h6-9H,1-5H2,(H2,18,19,20). The van der Waals surface area contributed by atoms with Gasteiger partial charge in [0.1, 0.15) is 5.69 Å². The van der Waals surface area contributed by atoms with E-state index in [4.69, 9.17) is 0 Å². The number of rotatable bonds is 2.